The number of carbonyl (C=O) groups is 1. The quantitative estimate of drug-likeness (QED) is 0.857. The average Bonchev–Trinajstić information content (AvgIpc) is 2.46. The number of nitrogens with zero attached hydrogens (tertiary/aromatic N) is 1. The number of rotatable bonds is 5. The summed E-state index contributed by atoms with van der Waals surface area (Å²) in [5, 5.41) is 12.7. The number of nitrogens with one attached hydrogen (secondary N) is 1. The second-order valence-electron chi connectivity index (χ2n) is 5.54. The Bertz CT molecular complexity index is 420. The summed E-state index contributed by atoms with van der Waals surface area (Å²) in [6.45, 7) is 3.65. The zero-order chi connectivity index (χ0) is 14.4. The van der Waals surface area contributed by atoms with Crippen molar-refractivity contribution in [3.63, 3.8) is 0 Å². The molecule has 110 valence electrons. The van der Waals surface area contributed by atoms with Gasteiger partial charge in [-0.3, -0.25) is 9.69 Å². The minimum absolute atomic E-state index is 0.0291. The lowest BCUT2D eigenvalue weighted by atomic mass is 9.98. The fourth-order valence-electron chi connectivity index (χ4n) is 2.80. The average molecular weight is 276 g/mol. The van der Waals surface area contributed by atoms with Gasteiger partial charge in [0.1, 0.15) is 0 Å². The van der Waals surface area contributed by atoms with Gasteiger partial charge in [0.15, 0.2) is 0 Å². The fraction of sp³-hybridized carbons (Fsp3) is 0.562. The Morgan fingerprint density at radius 1 is 1.40 bits per heavy atom. The van der Waals surface area contributed by atoms with Crippen molar-refractivity contribution in [2.24, 2.45) is 0 Å². The Labute approximate surface area is 120 Å². The van der Waals surface area contributed by atoms with Gasteiger partial charge in [-0.25, -0.2) is 0 Å². The van der Waals surface area contributed by atoms with E-state index >= 15 is 0 Å². The summed E-state index contributed by atoms with van der Waals surface area (Å²) in [5.41, 5.74) is 1.10. The summed E-state index contributed by atoms with van der Waals surface area (Å²) in [7, 11) is 0. The van der Waals surface area contributed by atoms with Crippen LogP contribution in [0.5, 0.6) is 0 Å². The van der Waals surface area contributed by atoms with E-state index in [0.717, 1.165) is 31.4 Å². The number of hydrogen-bond donors (Lipinski definition) is 2. The van der Waals surface area contributed by atoms with Crippen molar-refractivity contribution < 1.29 is 9.90 Å². The van der Waals surface area contributed by atoms with Crippen LogP contribution < -0.4 is 5.32 Å². The van der Waals surface area contributed by atoms with Crippen molar-refractivity contribution in [3.8, 4) is 0 Å². The summed E-state index contributed by atoms with van der Waals surface area (Å²) in [5.74, 6) is 0.0291. The highest BCUT2D eigenvalue weighted by Gasteiger charge is 2.27. The molecule has 20 heavy (non-hydrogen) atoms. The first kappa shape index (κ1) is 15.0. The highest BCUT2D eigenvalue weighted by Crippen LogP contribution is 2.19. The molecular formula is C16H24N2O2. The molecule has 2 atom stereocenters. The standard InChI is InChI=1S/C16H24N2O2/c1-13(19)15-9-5-6-10-18(15)12-16(20)17-11-14-7-3-2-4-8-14/h2-4,7-8,13,15,19H,5-6,9-12H2,1H3,(H,17,20)/t13-,15+/m0/s1. The maximum Gasteiger partial charge on any atom is 0.234 e. The second-order valence-corrected chi connectivity index (χ2v) is 5.54. The normalized spacial score (nSPS) is 21.4. The van der Waals surface area contributed by atoms with Gasteiger partial charge < -0.3 is 10.4 Å². The molecule has 2 rings (SSSR count). The van der Waals surface area contributed by atoms with Crippen molar-refractivity contribution in [1.82, 2.24) is 10.2 Å². The van der Waals surface area contributed by atoms with Gasteiger partial charge in [0.05, 0.1) is 12.6 Å². The molecule has 2 N–H and O–H groups in total. The van der Waals surface area contributed by atoms with Crippen LogP contribution >= 0.6 is 0 Å². The largest absolute Gasteiger partial charge is 0.392 e. The zero-order valence-electron chi connectivity index (χ0n) is 12.1. The van der Waals surface area contributed by atoms with Crippen molar-refractivity contribution in [2.45, 2.75) is 44.9 Å². The lowest BCUT2D eigenvalue weighted by molar-refractivity contribution is -0.124. The van der Waals surface area contributed by atoms with Gasteiger partial charge in [0.25, 0.3) is 0 Å². The Hall–Kier alpha value is -1.39. The molecule has 0 saturated carbocycles. The summed E-state index contributed by atoms with van der Waals surface area (Å²) in [6, 6.07) is 10.0. The molecule has 1 aromatic rings. The molecule has 1 heterocycles. The Morgan fingerprint density at radius 2 is 2.15 bits per heavy atom. The van der Waals surface area contributed by atoms with Gasteiger partial charge in [-0.1, -0.05) is 36.8 Å². The first-order chi connectivity index (χ1) is 9.66. The van der Waals surface area contributed by atoms with Crippen molar-refractivity contribution in [2.75, 3.05) is 13.1 Å². The van der Waals surface area contributed by atoms with E-state index in [2.05, 4.69) is 10.2 Å². The first-order valence-corrected chi connectivity index (χ1v) is 7.39. The Morgan fingerprint density at radius 3 is 2.85 bits per heavy atom. The molecule has 4 heteroatoms. The lowest BCUT2D eigenvalue weighted by Crippen LogP contribution is -2.49. The predicted molar refractivity (Wildman–Crippen MR) is 79.2 cm³/mol. The molecule has 1 amide bonds. The molecule has 0 aliphatic carbocycles. The Balaban J connectivity index is 1.81. The number of aliphatic hydroxyl groups is 1. The number of piperidine rings is 1. The van der Waals surface area contributed by atoms with Crippen molar-refractivity contribution in [1.29, 1.82) is 0 Å². The van der Waals surface area contributed by atoms with E-state index in [4.69, 9.17) is 0 Å². The fourth-order valence-corrected chi connectivity index (χ4v) is 2.80. The number of aliphatic hydroxyl groups excluding tert-OH is 1. The number of carbonyl (C=O) groups excluding carboxylic acids is 1. The molecule has 0 radical (unpaired) electrons. The molecule has 1 saturated heterocycles. The van der Waals surface area contributed by atoms with E-state index in [1.54, 1.807) is 0 Å². The maximum absolute atomic E-state index is 12.0. The van der Waals surface area contributed by atoms with Crippen LogP contribution in [0, 0.1) is 0 Å². The minimum Gasteiger partial charge on any atom is -0.392 e. The maximum atomic E-state index is 12.0. The van der Waals surface area contributed by atoms with E-state index in [-0.39, 0.29) is 18.1 Å². The van der Waals surface area contributed by atoms with Crippen molar-refractivity contribution >= 4 is 5.91 Å². The van der Waals surface area contributed by atoms with Gasteiger partial charge in [-0.2, -0.15) is 0 Å². The summed E-state index contributed by atoms with van der Waals surface area (Å²) >= 11 is 0. The third-order valence-corrected chi connectivity index (χ3v) is 3.90. The Kier molecular flexibility index (Phi) is 5.56. The van der Waals surface area contributed by atoms with Crippen LogP contribution in [0.25, 0.3) is 0 Å². The van der Waals surface area contributed by atoms with Crippen LogP contribution in [0.2, 0.25) is 0 Å². The van der Waals surface area contributed by atoms with Crippen LogP contribution in [0.4, 0.5) is 0 Å². The third kappa shape index (κ3) is 4.32. The lowest BCUT2D eigenvalue weighted by Gasteiger charge is -2.36. The SMILES string of the molecule is C[C@H](O)[C@H]1CCCCN1CC(=O)NCc1ccccc1. The zero-order valence-corrected chi connectivity index (χ0v) is 12.1. The summed E-state index contributed by atoms with van der Waals surface area (Å²) in [6.07, 6.45) is 2.84. The highest BCUT2D eigenvalue weighted by molar-refractivity contribution is 5.78. The van der Waals surface area contributed by atoms with Gasteiger partial charge in [0.2, 0.25) is 5.91 Å². The molecule has 0 bridgehead atoms. The van der Waals surface area contributed by atoms with E-state index in [0.29, 0.717) is 13.1 Å². The third-order valence-electron chi connectivity index (χ3n) is 3.90. The van der Waals surface area contributed by atoms with E-state index in [1.165, 1.54) is 0 Å². The van der Waals surface area contributed by atoms with Gasteiger partial charge in [0, 0.05) is 12.6 Å². The molecule has 1 aliphatic rings. The molecule has 1 aliphatic heterocycles. The van der Waals surface area contributed by atoms with E-state index in [1.807, 2.05) is 37.3 Å². The van der Waals surface area contributed by atoms with Crippen LogP contribution in [-0.4, -0.2) is 41.1 Å². The van der Waals surface area contributed by atoms with Gasteiger partial charge in [-0.15, -0.1) is 0 Å². The molecule has 4 nitrogen and oxygen atoms in total. The van der Waals surface area contributed by atoms with Gasteiger partial charge >= 0.3 is 0 Å². The molecule has 0 unspecified atom stereocenters. The highest BCUT2D eigenvalue weighted by atomic mass is 16.3. The predicted octanol–water partition coefficient (Wildman–Crippen LogP) is 1.54. The summed E-state index contributed by atoms with van der Waals surface area (Å²) in [4.78, 5) is 14.1. The minimum atomic E-state index is -0.378. The number of benzene rings is 1. The monoisotopic (exact) mass is 276 g/mol. The van der Waals surface area contributed by atoms with Crippen LogP contribution in [-0.2, 0) is 11.3 Å². The molecule has 1 fully saturated rings. The topological polar surface area (TPSA) is 52.6 Å². The smallest absolute Gasteiger partial charge is 0.234 e. The van der Waals surface area contributed by atoms with E-state index in [9.17, 15) is 9.90 Å². The van der Waals surface area contributed by atoms with Crippen molar-refractivity contribution in [3.05, 3.63) is 35.9 Å². The first-order valence-electron chi connectivity index (χ1n) is 7.39. The van der Waals surface area contributed by atoms with Crippen LogP contribution in [0.1, 0.15) is 31.7 Å². The van der Waals surface area contributed by atoms with Crippen LogP contribution in [0.15, 0.2) is 30.3 Å². The van der Waals surface area contributed by atoms with Crippen LogP contribution in [0.3, 0.4) is 0 Å². The van der Waals surface area contributed by atoms with E-state index < -0.39 is 0 Å². The van der Waals surface area contributed by atoms with Gasteiger partial charge in [-0.05, 0) is 31.9 Å². The molecule has 0 aromatic heterocycles. The molecule has 1 aromatic carbocycles. The molecular weight excluding hydrogens is 252 g/mol. The summed E-state index contributed by atoms with van der Waals surface area (Å²) < 4.78 is 0. The number of hydrogen-bond acceptors (Lipinski definition) is 3. The second kappa shape index (κ2) is 7.41. The number of likely N-dealkylation sites (tertiary alicyclic amines) is 1. The number of amides is 1. The molecule has 0 spiro atoms.